The Bertz CT molecular complexity index is 810. The van der Waals surface area contributed by atoms with Gasteiger partial charge in [0, 0.05) is 35.8 Å². The van der Waals surface area contributed by atoms with Crippen molar-refractivity contribution in [2.24, 2.45) is 0 Å². The number of halogens is 1. The highest BCUT2D eigenvalue weighted by molar-refractivity contribution is 6.30. The third kappa shape index (κ3) is 4.32. The molecule has 0 aliphatic carbocycles. The molecule has 0 spiro atoms. The Kier molecular flexibility index (Phi) is 5.85. The second-order valence-electron chi connectivity index (χ2n) is 7.34. The number of carbonyl (C=O) groups excluding carboxylic acids is 1. The molecule has 2 aliphatic heterocycles. The summed E-state index contributed by atoms with van der Waals surface area (Å²) >= 11 is 5.98. The molecule has 2 fully saturated rings. The lowest BCUT2D eigenvalue weighted by Gasteiger charge is -2.35. The van der Waals surface area contributed by atoms with Crippen LogP contribution in [-0.4, -0.2) is 49.2 Å². The first kappa shape index (κ1) is 19.2. The number of hydrogen-bond donors (Lipinski definition) is 1. The van der Waals surface area contributed by atoms with Crippen LogP contribution in [0.1, 0.15) is 35.4 Å². The van der Waals surface area contributed by atoms with Gasteiger partial charge in [-0.05, 0) is 55.3 Å². The molecule has 4 rings (SSSR count). The molecular weight excluding hydrogens is 376 g/mol. The molecule has 148 valence electrons. The topological polar surface area (TPSA) is 50.8 Å². The van der Waals surface area contributed by atoms with Crippen LogP contribution < -0.4 is 10.1 Å². The third-order valence-corrected chi connectivity index (χ3v) is 5.67. The molecule has 1 N–H and O–H groups in total. The third-order valence-electron chi connectivity index (χ3n) is 5.42. The van der Waals surface area contributed by atoms with Crippen LogP contribution in [0.3, 0.4) is 0 Å². The van der Waals surface area contributed by atoms with E-state index in [1.807, 2.05) is 55.5 Å². The van der Waals surface area contributed by atoms with Gasteiger partial charge in [-0.1, -0.05) is 23.7 Å². The molecular formula is C22H25ClN2O3. The fraction of sp³-hybridized carbons (Fsp3) is 0.409. The Balaban J connectivity index is 1.33. The van der Waals surface area contributed by atoms with Crippen molar-refractivity contribution in [1.29, 1.82) is 0 Å². The van der Waals surface area contributed by atoms with Gasteiger partial charge in [-0.15, -0.1) is 0 Å². The fourth-order valence-electron chi connectivity index (χ4n) is 4.00. The number of benzene rings is 2. The van der Waals surface area contributed by atoms with Crippen LogP contribution in [0.15, 0.2) is 48.5 Å². The van der Waals surface area contributed by atoms with Crippen LogP contribution >= 0.6 is 11.6 Å². The standard InChI is InChI=1S/C22H25ClN2O3/c1-2-27-20-9-5-16(6-10-20)22(26)24-18-11-19-14-28-21(13-25(19)12-18)15-3-7-17(23)8-4-15/h3-10,18-19,21H,2,11-14H2,1H3,(H,24,26)/t18-,19+,21-/m1/s1. The van der Waals surface area contributed by atoms with Gasteiger partial charge in [-0.2, -0.15) is 0 Å². The Labute approximate surface area is 170 Å². The van der Waals surface area contributed by atoms with Gasteiger partial charge in [0.15, 0.2) is 0 Å². The van der Waals surface area contributed by atoms with E-state index in [0.29, 0.717) is 24.8 Å². The summed E-state index contributed by atoms with van der Waals surface area (Å²) < 4.78 is 11.5. The number of ether oxygens (including phenoxy) is 2. The van der Waals surface area contributed by atoms with Crippen molar-refractivity contribution in [2.45, 2.75) is 31.5 Å². The van der Waals surface area contributed by atoms with Gasteiger partial charge in [0.25, 0.3) is 5.91 Å². The fourth-order valence-corrected chi connectivity index (χ4v) is 4.12. The van der Waals surface area contributed by atoms with Crippen LogP contribution in [0.4, 0.5) is 0 Å². The van der Waals surface area contributed by atoms with Gasteiger partial charge < -0.3 is 14.8 Å². The van der Waals surface area contributed by atoms with Crippen molar-refractivity contribution >= 4 is 17.5 Å². The summed E-state index contributed by atoms with van der Waals surface area (Å²) in [6.07, 6.45) is 0.963. The van der Waals surface area contributed by atoms with E-state index in [2.05, 4.69) is 10.2 Å². The molecule has 28 heavy (non-hydrogen) atoms. The molecule has 0 bridgehead atoms. The van der Waals surface area contributed by atoms with Crippen LogP contribution in [0, 0.1) is 0 Å². The average molecular weight is 401 g/mol. The Morgan fingerprint density at radius 2 is 1.93 bits per heavy atom. The van der Waals surface area contributed by atoms with Crippen molar-refractivity contribution < 1.29 is 14.3 Å². The maximum Gasteiger partial charge on any atom is 0.251 e. The molecule has 0 saturated carbocycles. The first-order valence-corrected chi connectivity index (χ1v) is 10.1. The highest BCUT2D eigenvalue weighted by Gasteiger charge is 2.38. The number of carbonyl (C=O) groups is 1. The summed E-state index contributed by atoms with van der Waals surface area (Å²) in [5, 5.41) is 3.90. The number of hydrogen-bond acceptors (Lipinski definition) is 4. The van der Waals surface area contributed by atoms with E-state index >= 15 is 0 Å². The maximum atomic E-state index is 12.6. The lowest BCUT2D eigenvalue weighted by Crippen LogP contribution is -2.43. The van der Waals surface area contributed by atoms with Crippen LogP contribution in [0.25, 0.3) is 0 Å². The van der Waals surface area contributed by atoms with Gasteiger partial charge >= 0.3 is 0 Å². The van der Waals surface area contributed by atoms with Crippen molar-refractivity contribution in [3.8, 4) is 5.75 Å². The quantitative estimate of drug-likeness (QED) is 0.831. The minimum atomic E-state index is -0.0388. The molecule has 2 saturated heterocycles. The SMILES string of the molecule is CCOc1ccc(C(=O)N[C@@H]2C[C@H]3CO[C@@H](c4ccc(Cl)cc4)CN3C2)cc1. The average Bonchev–Trinajstić information content (AvgIpc) is 3.10. The molecule has 2 aromatic carbocycles. The molecule has 0 radical (unpaired) electrons. The van der Waals surface area contributed by atoms with E-state index < -0.39 is 0 Å². The van der Waals surface area contributed by atoms with E-state index in [4.69, 9.17) is 21.1 Å². The summed E-state index contributed by atoms with van der Waals surface area (Å²) in [7, 11) is 0. The lowest BCUT2D eigenvalue weighted by molar-refractivity contribution is -0.0502. The van der Waals surface area contributed by atoms with Crippen LogP contribution in [0.2, 0.25) is 5.02 Å². The zero-order chi connectivity index (χ0) is 19.5. The summed E-state index contributed by atoms with van der Waals surface area (Å²) in [6, 6.07) is 15.6. The number of fused-ring (bicyclic) bond motifs is 1. The Morgan fingerprint density at radius 3 is 2.64 bits per heavy atom. The minimum Gasteiger partial charge on any atom is -0.494 e. The van der Waals surface area contributed by atoms with E-state index in [1.54, 1.807) is 0 Å². The summed E-state index contributed by atoms with van der Waals surface area (Å²) in [5.41, 5.74) is 1.80. The van der Waals surface area contributed by atoms with E-state index in [1.165, 1.54) is 0 Å². The van der Waals surface area contributed by atoms with E-state index in [0.717, 1.165) is 35.8 Å². The summed E-state index contributed by atoms with van der Waals surface area (Å²) in [6.45, 7) is 4.92. The molecule has 3 atom stereocenters. The number of morpholine rings is 1. The molecule has 0 unspecified atom stereocenters. The zero-order valence-electron chi connectivity index (χ0n) is 15.9. The molecule has 2 aliphatic rings. The number of rotatable bonds is 5. The highest BCUT2D eigenvalue weighted by Crippen LogP contribution is 2.31. The Hall–Kier alpha value is -2.08. The molecule has 0 aromatic heterocycles. The minimum absolute atomic E-state index is 0.0388. The molecule has 6 heteroatoms. The van der Waals surface area contributed by atoms with Crippen molar-refractivity contribution in [2.75, 3.05) is 26.3 Å². The lowest BCUT2D eigenvalue weighted by atomic mass is 10.1. The maximum absolute atomic E-state index is 12.6. The molecule has 2 heterocycles. The normalized spacial score (nSPS) is 24.6. The number of amides is 1. The van der Waals surface area contributed by atoms with Crippen molar-refractivity contribution in [3.63, 3.8) is 0 Å². The number of nitrogens with zero attached hydrogens (tertiary/aromatic N) is 1. The predicted molar refractivity (Wildman–Crippen MR) is 109 cm³/mol. The second kappa shape index (κ2) is 8.52. The summed E-state index contributed by atoms with van der Waals surface area (Å²) in [5.74, 6) is 0.741. The zero-order valence-corrected chi connectivity index (χ0v) is 16.7. The van der Waals surface area contributed by atoms with Gasteiger partial charge in [-0.25, -0.2) is 0 Å². The van der Waals surface area contributed by atoms with Gasteiger partial charge in [0.2, 0.25) is 0 Å². The molecule has 2 aromatic rings. The van der Waals surface area contributed by atoms with Crippen LogP contribution in [-0.2, 0) is 4.74 Å². The predicted octanol–water partition coefficient (Wildman–Crippen LogP) is 3.68. The van der Waals surface area contributed by atoms with Crippen LogP contribution in [0.5, 0.6) is 5.75 Å². The number of nitrogens with one attached hydrogen (secondary N) is 1. The van der Waals surface area contributed by atoms with Gasteiger partial charge in [0.1, 0.15) is 5.75 Å². The van der Waals surface area contributed by atoms with E-state index in [-0.39, 0.29) is 18.1 Å². The first-order chi connectivity index (χ1) is 13.6. The summed E-state index contributed by atoms with van der Waals surface area (Å²) in [4.78, 5) is 15.0. The Morgan fingerprint density at radius 1 is 1.18 bits per heavy atom. The van der Waals surface area contributed by atoms with E-state index in [9.17, 15) is 4.79 Å². The largest absolute Gasteiger partial charge is 0.494 e. The highest BCUT2D eigenvalue weighted by atomic mass is 35.5. The smallest absolute Gasteiger partial charge is 0.251 e. The molecule has 1 amide bonds. The monoisotopic (exact) mass is 400 g/mol. The first-order valence-electron chi connectivity index (χ1n) is 9.77. The van der Waals surface area contributed by atoms with Crippen molar-refractivity contribution in [3.05, 3.63) is 64.7 Å². The second-order valence-corrected chi connectivity index (χ2v) is 7.78. The van der Waals surface area contributed by atoms with Crippen molar-refractivity contribution in [1.82, 2.24) is 10.2 Å². The van der Waals surface area contributed by atoms with Gasteiger partial charge in [0.05, 0.1) is 19.3 Å². The molecule has 5 nitrogen and oxygen atoms in total. The van der Waals surface area contributed by atoms with Gasteiger partial charge in [-0.3, -0.25) is 9.69 Å².